The van der Waals surface area contributed by atoms with Crippen LogP contribution in [0.4, 0.5) is 5.95 Å². The van der Waals surface area contributed by atoms with Crippen molar-refractivity contribution in [3.63, 3.8) is 0 Å². The Labute approximate surface area is 92.3 Å². The SMILES string of the molecule is COc1ccc(O)c(-c2nc(N)n(C)n2)c1. The fraction of sp³-hybridized carbons (Fsp3) is 0.200. The zero-order valence-corrected chi connectivity index (χ0v) is 9.01. The highest BCUT2D eigenvalue weighted by atomic mass is 16.5. The molecule has 1 aromatic carbocycles. The number of phenols is 1. The van der Waals surface area contributed by atoms with Gasteiger partial charge in [0, 0.05) is 7.05 Å². The number of aromatic nitrogens is 3. The van der Waals surface area contributed by atoms with Crippen molar-refractivity contribution >= 4 is 5.95 Å². The molecule has 2 rings (SSSR count). The van der Waals surface area contributed by atoms with E-state index < -0.39 is 0 Å². The maximum absolute atomic E-state index is 9.70. The molecule has 0 saturated carbocycles. The first-order chi connectivity index (χ1) is 7.61. The summed E-state index contributed by atoms with van der Waals surface area (Å²) in [6.45, 7) is 0. The van der Waals surface area contributed by atoms with Gasteiger partial charge in [-0.1, -0.05) is 0 Å². The van der Waals surface area contributed by atoms with Crippen molar-refractivity contribution in [2.45, 2.75) is 0 Å². The van der Waals surface area contributed by atoms with Gasteiger partial charge in [-0.15, -0.1) is 5.10 Å². The lowest BCUT2D eigenvalue weighted by Crippen LogP contribution is -1.97. The van der Waals surface area contributed by atoms with Crippen LogP contribution in [0.3, 0.4) is 0 Å². The molecule has 0 atom stereocenters. The number of benzene rings is 1. The van der Waals surface area contributed by atoms with E-state index in [0.717, 1.165) is 0 Å². The highest BCUT2D eigenvalue weighted by Gasteiger charge is 2.12. The van der Waals surface area contributed by atoms with Crippen molar-refractivity contribution in [3.05, 3.63) is 18.2 Å². The Morgan fingerprint density at radius 2 is 2.19 bits per heavy atom. The van der Waals surface area contributed by atoms with Crippen molar-refractivity contribution in [3.8, 4) is 22.9 Å². The largest absolute Gasteiger partial charge is 0.507 e. The number of anilines is 1. The van der Waals surface area contributed by atoms with Gasteiger partial charge >= 0.3 is 0 Å². The Bertz CT molecular complexity index is 502. The molecule has 84 valence electrons. The highest BCUT2D eigenvalue weighted by molar-refractivity contribution is 5.66. The van der Waals surface area contributed by atoms with E-state index in [9.17, 15) is 5.11 Å². The minimum absolute atomic E-state index is 0.0893. The van der Waals surface area contributed by atoms with Gasteiger partial charge in [0.1, 0.15) is 11.5 Å². The lowest BCUT2D eigenvalue weighted by atomic mass is 10.2. The van der Waals surface area contributed by atoms with Crippen LogP contribution in [0, 0.1) is 0 Å². The predicted molar refractivity (Wildman–Crippen MR) is 59.1 cm³/mol. The number of methoxy groups -OCH3 is 1. The standard InChI is InChI=1S/C10H12N4O2/c1-14-10(11)12-9(13-14)7-5-6(16-2)3-4-8(7)15/h3-5,15H,1-2H3,(H2,11,12,13). The van der Waals surface area contributed by atoms with Crippen molar-refractivity contribution in [1.29, 1.82) is 0 Å². The molecule has 0 unspecified atom stereocenters. The van der Waals surface area contributed by atoms with Crippen LogP contribution in [0.1, 0.15) is 0 Å². The second-order valence-corrected chi connectivity index (χ2v) is 3.30. The molecule has 1 heterocycles. The fourth-order valence-corrected chi connectivity index (χ4v) is 1.33. The van der Waals surface area contributed by atoms with Crippen LogP contribution >= 0.6 is 0 Å². The van der Waals surface area contributed by atoms with Crippen molar-refractivity contribution in [2.24, 2.45) is 7.05 Å². The van der Waals surface area contributed by atoms with Gasteiger partial charge in [0.25, 0.3) is 0 Å². The number of hydrogen-bond donors (Lipinski definition) is 2. The van der Waals surface area contributed by atoms with E-state index in [2.05, 4.69) is 10.1 Å². The second-order valence-electron chi connectivity index (χ2n) is 3.30. The van der Waals surface area contributed by atoms with Crippen LogP contribution in [-0.2, 0) is 7.05 Å². The molecule has 6 heteroatoms. The van der Waals surface area contributed by atoms with Crippen molar-refractivity contribution in [1.82, 2.24) is 14.8 Å². The number of rotatable bonds is 2. The van der Waals surface area contributed by atoms with Gasteiger partial charge in [-0.05, 0) is 18.2 Å². The number of ether oxygens (including phenoxy) is 1. The van der Waals surface area contributed by atoms with Crippen LogP contribution in [0.5, 0.6) is 11.5 Å². The van der Waals surface area contributed by atoms with Crippen LogP contribution in [0.25, 0.3) is 11.4 Å². The fourth-order valence-electron chi connectivity index (χ4n) is 1.33. The third-order valence-electron chi connectivity index (χ3n) is 2.24. The molecular weight excluding hydrogens is 208 g/mol. The molecule has 16 heavy (non-hydrogen) atoms. The third kappa shape index (κ3) is 1.65. The second kappa shape index (κ2) is 3.73. The van der Waals surface area contributed by atoms with E-state index in [1.165, 1.54) is 10.7 Å². The van der Waals surface area contributed by atoms with Gasteiger partial charge < -0.3 is 15.6 Å². The summed E-state index contributed by atoms with van der Waals surface area (Å²) >= 11 is 0. The zero-order chi connectivity index (χ0) is 11.7. The Morgan fingerprint density at radius 3 is 2.75 bits per heavy atom. The molecule has 0 radical (unpaired) electrons. The number of aryl methyl sites for hydroxylation is 1. The van der Waals surface area contributed by atoms with E-state index in [0.29, 0.717) is 17.1 Å². The first kappa shape index (κ1) is 10.3. The summed E-state index contributed by atoms with van der Waals surface area (Å²) in [6.07, 6.45) is 0. The summed E-state index contributed by atoms with van der Waals surface area (Å²) in [7, 11) is 3.24. The first-order valence-electron chi connectivity index (χ1n) is 4.65. The Balaban J connectivity index is 2.54. The minimum Gasteiger partial charge on any atom is -0.507 e. The summed E-state index contributed by atoms with van der Waals surface area (Å²) < 4.78 is 6.50. The number of phenolic OH excluding ortho intramolecular Hbond substituents is 1. The van der Waals surface area contributed by atoms with Crippen molar-refractivity contribution < 1.29 is 9.84 Å². The first-order valence-corrected chi connectivity index (χ1v) is 4.65. The van der Waals surface area contributed by atoms with E-state index in [-0.39, 0.29) is 11.7 Å². The van der Waals surface area contributed by atoms with Gasteiger partial charge in [0.05, 0.1) is 12.7 Å². The molecule has 0 aliphatic rings. The van der Waals surface area contributed by atoms with Gasteiger partial charge in [-0.25, -0.2) is 4.68 Å². The zero-order valence-electron chi connectivity index (χ0n) is 9.01. The molecule has 0 fully saturated rings. The topological polar surface area (TPSA) is 86.2 Å². The average Bonchev–Trinajstić information content (AvgIpc) is 2.60. The molecule has 2 aromatic rings. The van der Waals surface area contributed by atoms with Gasteiger partial charge in [0.15, 0.2) is 5.82 Å². The summed E-state index contributed by atoms with van der Waals surface area (Å²) in [5, 5.41) is 13.8. The van der Waals surface area contributed by atoms with E-state index in [4.69, 9.17) is 10.5 Å². The molecule has 0 aliphatic carbocycles. The molecule has 0 aliphatic heterocycles. The maximum Gasteiger partial charge on any atom is 0.218 e. The van der Waals surface area contributed by atoms with Gasteiger partial charge in [-0.3, -0.25) is 0 Å². The highest BCUT2D eigenvalue weighted by Crippen LogP contribution is 2.30. The monoisotopic (exact) mass is 220 g/mol. The average molecular weight is 220 g/mol. The number of hydrogen-bond acceptors (Lipinski definition) is 5. The van der Waals surface area contributed by atoms with Gasteiger partial charge in [0.2, 0.25) is 5.95 Å². The van der Waals surface area contributed by atoms with Crippen molar-refractivity contribution in [2.75, 3.05) is 12.8 Å². The summed E-state index contributed by atoms with van der Waals surface area (Å²) in [4.78, 5) is 4.03. The number of nitrogens with two attached hydrogens (primary N) is 1. The summed E-state index contributed by atoms with van der Waals surface area (Å²) in [5.41, 5.74) is 6.07. The van der Waals surface area contributed by atoms with Crippen LogP contribution in [0.2, 0.25) is 0 Å². The molecule has 6 nitrogen and oxygen atoms in total. The lowest BCUT2D eigenvalue weighted by Gasteiger charge is -2.03. The van der Waals surface area contributed by atoms with Crippen LogP contribution < -0.4 is 10.5 Å². The molecule has 3 N–H and O–H groups in total. The number of aromatic hydroxyl groups is 1. The molecule has 0 spiro atoms. The Hall–Kier alpha value is -2.24. The van der Waals surface area contributed by atoms with E-state index >= 15 is 0 Å². The predicted octanol–water partition coefficient (Wildman–Crippen LogP) is 0.778. The Kier molecular flexibility index (Phi) is 2.40. The number of nitrogen functional groups attached to an aromatic ring is 1. The smallest absolute Gasteiger partial charge is 0.218 e. The Morgan fingerprint density at radius 1 is 1.44 bits per heavy atom. The third-order valence-corrected chi connectivity index (χ3v) is 2.24. The molecule has 1 aromatic heterocycles. The maximum atomic E-state index is 9.70. The van der Waals surface area contributed by atoms with Gasteiger partial charge in [-0.2, -0.15) is 4.98 Å². The molecule has 0 saturated heterocycles. The molecular formula is C10H12N4O2. The van der Waals surface area contributed by atoms with Crippen LogP contribution in [-0.4, -0.2) is 27.0 Å². The van der Waals surface area contributed by atoms with Crippen LogP contribution in [0.15, 0.2) is 18.2 Å². The van der Waals surface area contributed by atoms with E-state index in [1.807, 2.05) is 0 Å². The molecule has 0 amide bonds. The summed E-state index contributed by atoms with van der Waals surface area (Å²) in [6, 6.07) is 4.84. The number of nitrogens with zero attached hydrogens (tertiary/aromatic N) is 3. The van der Waals surface area contributed by atoms with E-state index in [1.54, 1.807) is 26.3 Å². The lowest BCUT2D eigenvalue weighted by molar-refractivity contribution is 0.412. The normalized spacial score (nSPS) is 10.4. The minimum atomic E-state index is 0.0893. The molecule has 0 bridgehead atoms. The summed E-state index contributed by atoms with van der Waals surface area (Å²) in [5.74, 6) is 1.37. The quantitative estimate of drug-likeness (QED) is 0.781.